The van der Waals surface area contributed by atoms with Crippen LogP contribution in [0.1, 0.15) is 16.3 Å². The van der Waals surface area contributed by atoms with E-state index in [9.17, 15) is 0 Å². The predicted octanol–water partition coefficient (Wildman–Crippen LogP) is 2.45. The number of fused-ring (bicyclic) bond motifs is 1. The molecule has 3 heterocycles. The Morgan fingerprint density at radius 3 is 2.56 bits per heavy atom. The maximum atomic E-state index is 5.42. The second kappa shape index (κ2) is 4.48. The van der Waals surface area contributed by atoms with E-state index in [4.69, 9.17) is 4.74 Å². The largest absolute Gasteiger partial charge is 0.378 e. The fraction of sp³-hybridized carbons (Fsp3) is 0.538. The number of morpholine rings is 1. The maximum Gasteiger partial charge on any atom is 0.141 e. The lowest BCUT2D eigenvalue weighted by atomic mass is 10.2. The molecular weight excluding hydrogens is 246 g/mol. The van der Waals surface area contributed by atoms with Crippen LogP contribution in [0.5, 0.6) is 0 Å². The van der Waals surface area contributed by atoms with Gasteiger partial charge in [0.05, 0.1) is 18.6 Å². The number of nitrogens with zero attached hydrogens (tertiary/aromatic N) is 3. The normalized spacial score (nSPS) is 16.5. The summed E-state index contributed by atoms with van der Waals surface area (Å²) in [5, 5.41) is 1.23. The van der Waals surface area contributed by atoms with Gasteiger partial charge >= 0.3 is 0 Å². The van der Waals surface area contributed by atoms with Gasteiger partial charge in [0.1, 0.15) is 16.5 Å². The van der Waals surface area contributed by atoms with E-state index in [2.05, 4.69) is 28.7 Å². The number of hydrogen-bond donors (Lipinski definition) is 0. The Morgan fingerprint density at radius 1 is 1.11 bits per heavy atom. The fourth-order valence-electron chi connectivity index (χ4n) is 2.34. The number of aryl methyl sites for hydroxylation is 3. The predicted molar refractivity (Wildman–Crippen MR) is 74.7 cm³/mol. The third-order valence-corrected chi connectivity index (χ3v) is 4.53. The molecular formula is C13H17N3OS. The van der Waals surface area contributed by atoms with Crippen molar-refractivity contribution in [3.05, 3.63) is 16.3 Å². The fourth-order valence-corrected chi connectivity index (χ4v) is 3.41. The minimum absolute atomic E-state index is 0.784. The molecule has 96 valence electrons. The minimum atomic E-state index is 0.784. The zero-order valence-corrected chi connectivity index (χ0v) is 11.8. The van der Waals surface area contributed by atoms with Crippen LogP contribution in [0, 0.1) is 20.8 Å². The van der Waals surface area contributed by atoms with Crippen LogP contribution in [-0.2, 0) is 4.74 Å². The average Bonchev–Trinajstić information content (AvgIpc) is 2.65. The van der Waals surface area contributed by atoms with Crippen molar-refractivity contribution in [3.8, 4) is 0 Å². The van der Waals surface area contributed by atoms with E-state index in [1.807, 2.05) is 6.92 Å². The first kappa shape index (κ1) is 11.9. The summed E-state index contributed by atoms with van der Waals surface area (Å²) >= 11 is 1.76. The molecule has 0 bridgehead atoms. The maximum absolute atomic E-state index is 5.42. The zero-order chi connectivity index (χ0) is 12.7. The van der Waals surface area contributed by atoms with E-state index in [0.29, 0.717) is 0 Å². The summed E-state index contributed by atoms with van der Waals surface area (Å²) in [5.41, 5.74) is 1.32. The zero-order valence-electron chi connectivity index (χ0n) is 11.0. The van der Waals surface area contributed by atoms with Gasteiger partial charge in [-0.1, -0.05) is 0 Å². The standard InChI is InChI=1S/C13H17N3OS/c1-8-9(2)18-13-11(8)12(14-10(3)15-13)16-4-6-17-7-5-16/h4-7H2,1-3H3. The van der Waals surface area contributed by atoms with Crippen molar-refractivity contribution in [1.29, 1.82) is 0 Å². The Morgan fingerprint density at radius 2 is 1.83 bits per heavy atom. The van der Waals surface area contributed by atoms with Gasteiger partial charge in [0, 0.05) is 18.0 Å². The second-order valence-electron chi connectivity index (χ2n) is 4.66. The summed E-state index contributed by atoms with van der Waals surface area (Å²) < 4.78 is 5.42. The molecule has 0 unspecified atom stereocenters. The molecule has 0 amide bonds. The van der Waals surface area contributed by atoms with Gasteiger partial charge < -0.3 is 9.64 Å². The van der Waals surface area contributed by atoms with Crippen molar-refractivity contribution in [2.45, 2.75) is 20.8 Å². The first-order valence-electron chi connectivity index (χ1n) is 6.24. The van der Waals surface area contributed by atoms with Crippen LogP contribution in [0.3, 0.4) is 0 Å². The third kappa shape index (κ3) is 1.87. The number of hydrogen-bond acceptors (Lipinski definition) is 5. The number of aromatic nitrogens is 2. The van der Waals surface area contributed by atoms with Crippen LogP contribution in [0.25, 0.3) is 10.2 Å². The highest BCUT2D eigenvalue weighted by atomic mass is 32.1. The molecule has 1 aliphatic rings. The van der Waals surface area contributed by atoms with Gasteiger partial charge in [-0.15, -0.1) is 11.3 Å². The van der Waals surface area contributed by atoms with Crippen molar-refractivity contribution in [1.82, 2.24) is 9.97 Å². The summed E-state index contributed by atoms with van der Waals surface area (Å²) in [6.45, 7) is 9.68. The van der Waals surface area contributed by atoms with Crippen molar-refractivity contribution in [2.24, 2.45) is 0 Å². The lowest BCUT2D eigenvalue weighted by molar-refractivity contribution is 0.122. The van der Waals surface area contributed by atoms with Gasteiger partial charge in [0.15, 0.2) is 0 Å². The van der Waals surface area contributed by atoms with Crippen LogP contribution < -0.4 is 4.90 Å². The summed E-state index contributed by atoms with van der Waals surface area (Å²) in [6.07, 6.45) is 0. The molecule has 0 aromatic carbocycles. The van der Waals surface area contributed by atoms with Crippen LogP contribution in [0.2, 0.25) is 0 Å². The number of anilines is 1. The molecule has 2 aromatic heterocycles. The van der Waals surface area contributed by atoms with Crippen molar-refractivity contribution >= 4 is 27.4 Å². The van der Waals surface area contributed by atoms with Gasteiger partial charge in [0.2, 0.25) is 0 Å². The van der Waals surface area contributed by atoms with E-state index in [1.165, 1.54) is 15.8 Å². The van der Waals surface area contributed by atoms with Crippen LogP contribution in [0.4, 0.5) is 5.82 Å². The molecule has 4 nitrogen and oxygen atoms in total. The Balaban J connectivity index is 2.19. The monoisotopic (exact) mass is 263 g/mol. The van der Waals surface area contributed by atoms with Crippen LogP contribution in [-0.4, -0.2) is 36.3 Å². The molecule has 0 atom stereocenters. The molecule has 0 aliphatic carbocycles. The number of thiophene rings is 1. The highest BCUT2D eigenvalue weighted by Crippen LogP contribution is 2.35. The van der Waals surface area contributed by atoms with E-state index < -0.39 is 0 Å². The van der Waals surface area contributed by atoms with Crippen molar-refractivity contribution in [2.75, 3.05) is 31.2 Å². The molecule has 1 saturated heterocycles. The highest BCUT2D eigenvalue weighted by molar-refractivity contribution is 7.18. The second-order valence-corrected chi connectivity index (χ2v) is 5.86. The molecule has 0 spiro atoms. The average molecular weight is 263 g/mol. The minimum Gasteiger partial charge on any atom is -0.378 e. The third-order valence-electron chi connectivity index (χ3n) is 3.43. The van der Waals surface area contributed by atoms with Crippen molar-refractivity contribution < 1.29 is 4.74 Å². The molecule has 0 radical (unpaired) electrons. The van der Waals surface area contributed by atoms with Crippen LogP contribution >= 0.6 is 11.3 Å². The molecule has 1 fully saturated rings. The lowest BCUT2D eigenvalue weighted by Gasteiger charge is -2.28. The van der Waals surface area contributed by atoms with Crippen molar-refractivity contribution in [3.63, 3.8) is 0 Å². The molecule has 0 N–H and O–H groups in total. The Hall–Kier alpha value is -1.20. The van der Waals surface area contributed by atoms with Crippen LogP contribution in [0.15, 0.2) is 0 Å². The van der Waals surface area contributed by atoms with Gasteiger partial charge in [-0.3, -0.25) is 0 Å². The summed E-state index contributed by atoms with van der Waals surface area (Å²) in [5.74, 6) is 1.94. The smallest absolute Gasteiger partial charge is 0.141 e. The Kier molecular flexibility index (Phi) is 2.95. The van der Waals surface area contributed by atoms with E-state index in [1.54, 1.807) is 11.3 Å². The summed E-state index contributed by atoms with van der Waals surface area (Å²) in [7, 11) is 0. The van der Waals surface area contributed by atoms with Gasteiger partial charge in [-0.25, -0.2) is 9.97 Å². The number of rotatable bonds is 1. The van der Waals surface area contributed by atoms with E-state index >= 15 is 0 Å². The molecule has 18 heavy (non-hydrogen) atoms. The topological polar surface area (TPSA) is 38.2 Å². The molecule has 2 aromatic rings. The molecule has 0 saturated carbocycles. The van der Waals surface area contributed by atoms with E-state index in [0.717, 1.165) is 42.8 Å². The molecule has 1 aliphatic heterocycles. The van der Waals surface area contributed by atoms with Gasteiger partial charge in [-0.2, -0.15) is 0 Å². The SMILES string of the molecule is Cc1nc(N2CCOCC2)c2c(C)c(C)sc2n1. The molecule has 5 heteroatoms. The van der Waals surface area contributed by atoms with Gasteiger partial charge in [0.25, 0.3) is 0 Å². The first-order chi connectivity index (χ1) is 8.66. The lowest BCUT2D eigenvalue weighted by Crippen LogP contribution is -2.37. The molecule has 3 rings (SSSR count). The quantitative estimate of drug-likeness (QED) is 0.792. The summed E-state index contributed by atoms with van der Waals surface area (Å²) in [4.78, 5) is 14.0. The Bertz CT molecular complexity index is 587. The summed E-state index contributed by atoms with van der Waals surface area (Å²) in [6, 6.07) is 0. The Labute approximate surface area is 111 Å². The first-order valence-corrected chi connectivity index (χ1v) is 7.05. The van der Waals surface area contributed by atoms with E-state index in [-0.39, 0.29) is 0 Å². The highest BCUT2D eigenvalue weighted by Gasteiger charge is 2.19. The number of ether oxygens (including phenoxy) is 1. The van der Waals surface area contributed by atoms with Gasteiger partial charge in [-0.05, 0) is 26.3 Å².